The highest BCUT2D eigenvalue weighted by molar-refractivity contribution is 6.00. The topological polar surface area (TPSA) is 108 Å². The molecule has 1 aliphatic rings. The zero-order chi connectivity index (χ0) is 12.8. The van der Waals surface area contributed by atoms with Crippen molar-refractivity contribution in [2.24, 2.45) is 10.9 Å². The minimum Gasteiger partial charge on any atom is -0.409 e. The summed E-state index contributed by atoms with van der Waals surface area (Å²) in [5.74, 6) is -0.595. The molecule has 0 spiro atoms. The fourth-order valence-electron chi connectivity index (χ4n) is 1.96. The van der Waals surface area contributed by atoms with Crippen LogP contribution in [0.1, 0.15) is 25.7 Å². The normalized spacial score (nSPS) is 21.1. The molecule has 1 unspecified atom stereocenters. The molecule has 0 aliphatic carbocycles. The fourth-order valence-corrected chi connectivity index (χ4v) is 1.96. The van der Waals surface area contributed by atoms with Gasteiger partial charge in [0.1, 0.15) is 11.9 Å². The van der Waals surface area contributed by atoms with Gasteiger partial charge in [0.2, 0.25) is 11.8 Å². The summed E-state index contributed by atoms with van der Waals surface area (Å²) in [5.41, 5.74) is 5.29. The average molecular weight is 242 g/mol. The molecule has 0 aromatic heterocycles. The Bertz CT molecular complexity index is 330. The molecule has 1 atom stereocenters. The lowest BCUT2D eigenvalue weighted by molar-refractivity contribution is -0.141. The summed E-state index contributed by atoms with van der Waals surface area (Å²) in [7, 11) is 1.54. The summed E-state index contributed by atoms with van der Waals surface area (Å²) >= 11 is 0. The number of amidine groups is 1. The molecule has 96 valence electrons. The molecule has 0 bridgehead atoms. The van der Waals surface area contributed by atoms with Gasteiger partial charge in [0.05, 0.1) is 6.42 Å². The fraction of sp³-hybridized carbons (Fsp3) is 0.700. The molecule has 2 amide bonds. The zero-order valence-corrected chi connectivity index (χ0v) is 9.85. The van der Waals surface area contributed by atoms with Crippen LogP contribution in [0.4, 0.5) is 0 Å². The second-order valence-corrected chi connectivity index (χ2v) is 3.98. The Labute approximate surface area is 99.6 Å². The number of nitrogens with two attached hydrogens (primary N) is 1. The minimum atomic E-state index is -0.437. The standard InChI is InChI=1S/C10H18N4O3/c1-12-10(16)7-4-2-3-5-14(7)9(15)6-8(11)13-17/h7,17H,2-6H2,1H3,(H2,11,13)(H,12,16). The molecule has 17 heavy (non-hydrogen) atoms. The maximum atomic E-state index is 11.9. The van der Waals surface area contributed by atoms with Crippen molar-refractivity contribution in [1.82, 2.24) is 10.2 Å². The summed E-state index contributed by atoms with van der Waals surface area (Å²) in [5, 5.41) is 13.7. The number of hydrogen-bond donors (Lipinski definition) is 3. The van der Waals surface area contributed by atoms with Crippen LogP contribution in [0.25, 0.3) is 0 Å². The van der Waals surface area contributed by atoms with Gasteiger partial charge in [-0.2, -0.15) is 0 Å². The van der Waals surface area contributed by atoms with E-state index in [0.29, 0.717) is 13.0 Å². The number of nitrogens with one attached hydrogen (secondary N) is 1. The van der Waals surface area contributed by atoms with E-state index in [1.807, 2.05) is 0 Å². The van der Waals surface area contributed by atoms with Crippen molar-refractivity contribution in [1.29, 1.82) is 0 Å². The molecule has 7 nitrogen and oxygen atoms in total. The van der Waals surface area contributed by atoms with Gasteiger partial charge in [0.25, 0.3) is 0 Å². The second-order valence-electron chi connectivity index (χ2n) is 3.98. The third kappa shape index (κ3) is 3.33. The van der Waals surface area contributed by atoms with Crippen molar-refractivity contribution < 1.29 is 14.8 Å². The third-order valence-electron chi connectivity index (χ3n) is 2.83. The molecule has 7 heteroatoms. The van der Waals surface area contributed by atoms with E-state index in [4.69, 9.17) is 10.9 Å². The number of rotatable bonds is 3. The smallest absolute Gasteiger partial charge is 0.242 e. The number of piperidine rings is 1. The molecular weight excluding hydrogens is 224 g/mol. The van der Waals surface area contributed by atoms with E-state index in [2.05, 4.69) is 10.5 Å². The van der Waals surface area contributed by atoms with Crippen molar-refractivity contribution >= 4 is 17.6 Å². The van der Waals surface area contributed by atoms with Gasteiger partial charge in [-0.25, -0.2) is 0 Å². The Morgan fingerprint density at radius 3 is 2.82 bits per heavy atom. The zero-order valence-electron chi connectivity index (χ0n) is 9.85. The predicted molar refractivity (Wildman–Crippen MR) is 61.4 cm³/mol. The monoisotopic (exact) mass is 242 g/mol. The minimum absolute atomic E-state index is 0.142. The average Bonchev–Trinajstić information content (AvgIpc) is 2.37. The van der Waals surface area contributed by atoms with E-state index in [0.717, 1.165) is 12.8 Å². The quantitative estimate of drug-likeness (QED) is 0.262. The first-order valence-corrected chi connectivity index (χ1v) is 5.57. The maximum Gasteiger partial charge on any atom is 0.242 e. The summed E-state index contributed by atoms with van der Waals surface area (Å²) in [6.07, 6.45) is 2.28. The summed E-state index contributed by atoms with van der Waals surface area (Å²) in [4.78, 5) is 25.0. The molecule has 0 saturated carbocycles. The number of hydrogen-bond acceptors (Lipinski definition) is 4. The maximum absolute atomic E-state index is 11.9. The van der Waals surface area contributed by atoms with Crippen LogP contribution in [0.2, 0.25) is 0 Å². The molecule has 1 saturated heterocycles. The van der Waals surface area contributed by atoms with Crippen LogP contribution in [0.3, 0.4) is 0 Å². The number of likely N-dealkylation sites (tertiary alicyclic amines) is 1. The molecule has 0 aromatic carbocycles. The van der Waals surface area contributed by atoms with Gasteiger partial charge < -0.3 is 21.2 Å². The van der Waals surface area contributed by atoms with Gasteiger partial charge in [0, 0.05) is 13.6 Å². The van der Waals surface area contributed by atoms with Crippen molar-refractivity contribution in [3.63, 3.8) is 0 Å². The number of amides is 2. The first kappa shape index (κ1) is 13.3. The van der Waals surface area contributed by atoms with Crippen molar-refractivity contribution in [3.05, 3.63) is 0 Å². The number of nitrogens with zero attached hydrogens (tertiary/aromatic N) is 2. The van der Waals surface area contributed by atoms with Crippen LogP contribution in [-0.2, 0) is 9.59 Å². The van der Waals surface area contributed by atoms with Crippen molar-refractivity contribution in [2.45, 2.75) is 31.7 Å². The van der Waals surface area contributed by atoms with Crippen molar-refractivity contribution in [3.8, 4) is 0 Å². The molecular formula is C10H18N4O3. The highest BCUT2D eigenvalue weighted by Crippen LogP contribution is 2.18. The Morgan fingerprint density at radius 2 is 2.24 bits per heavy atom. The predicted octanol–water partition coefficient (Wildman–Crippen LogP) is -0.750. The summed E-state index contributed by atoms with van der Waals surface area (Å²) in [6.45, 7) is 0.537. The number of oxime groups is 1. The Balaban J connectivity index is 2.70. The van der Waals surface area contributed by atoms with Gasteiger partial charge >= 0.3 is 0 Å². The van der Waals surface area contributed by atoms with E-state index in [1.54, 1.807) is 7.05 Å². The lowest BCUT2D eigenvalue weighted by atomic mass is 10.0. The third-order valence-corrected chi connectivity index (χ3v) is 2.83. The summed E-state index contributed by atoms with van der Waals surface area (Å²) in [6, 6.07) is -0.437. The highest BCUT2D eigenvalue weighted by Gasteiger charge is 2.31. The van der Waals surface area contributed by atoms with E-state index in [1.165, 1.54) is 4.90 Å². The van der Waals surface area contributed by atoms with Crippen LogP contribution >= 0.6 is 0 Å². The largest absolute Gasteiger partial charge is 0.409 e. The van der Waals surface area contributed by atoms with Crippen molar-refractivity contribution in [2.75, 3.05) is 13.6 Å². The number of carbonyl (C=O) groups is 2. The molecule has 1 rings (SSSR count). The second kappa shape index (κ2) is 6.07. The van der Waals surface area contributed by atoms with Crippen LogP contribution in [0.5, 0.6) is 0 Å². The van der Waals surface area contributed by atoms with E-state index in [-0.39, 0.29) is 24.1 Å². The Kier molecular flexibility index (Phi) is 4.74. The Morgan fingerprint density at radius 1 is 1.53 bits per heavy atom. The SMILES string of the molecule is CNC(=O)C1CCCCN1C(=O)CC(N)=NO. The molecule has 1 heterocycles. The molecule has 1 aliphatic heterocycles. The van der Waals surface area contributed by atoms with Crippen LogP contribution in [-0.4, -0.2) is 47.4 Å². The van der Waals surface area contributed by atoms with E-state index < -0.39 is 6.04 Å². The van der Waals surface area contributed by atoms with Crippen LogP contribution in [0.15, 0.2) is 5.16 Å². The van der Waals surface area contributed by atoms with Gasteiger partial charge in [-0.05, 0) is 19.3 Å². The first-order chi connectivity index (χ1) is 8.10. The van der Waals surface area contributed by atoms with Crippen LogP contribution in [0, 0.1) is 0 Å². The lowest BCUT2D eigenvalue weighted by Crippen LogP contribution is -2.51. The van der Waals surface area contributed by atoms with Gasteiger partial charge in [-0.1, -0.05) is 5.16 Å². The number of carbonyl (C=O) groups excluding carboxylic acids is 2. The van der Waals surface area contributed by atoms with E-state index in [9.17, 15) is 9.59 Å². The number of likely N-dealkylation sites (N-methyl/N-ethyl adjacent to an activating group) is 1. The highest BCUT2D eigenvalue weighted by atomic mass is 16.4. The van der Waals surface area contributed by atoms with Gasteiger partial charge in [-0.15, -0.1) is 0 Å². The summed E-state index contributed by atoms with van der Waals surface area (Å²) < 4.78 is 0. The Hall–Kier alpha value is -1.79. The van der Waals surface area contributed by atoms with Gasteiger partial charge in [-0.3, -0.25) is 9.59 Å². The van der Waals surface area contributed by atoms with Crippen LogP contribution < -0.4 is 11.1 Å². The molecule has 4 N–H and O–H groups in total. The molecule has 0 aromatic rings. The molecule has 0 radical (unpaired) electrons. The lowest BCUT2D eigenvalue weighted by Gasteiger charge is -2.34. The van der Waals surface area contributed by atoms with E-state index >= 15 is 0 Å². The van der Waals surface area contributed by atoms with Gasteiger partial charge in [0.15, 0.2) is 0 Å². The first-order valence-electron chi connectivity index (χ1n) is 5.57. The molecule has 1 fully saturated rings.